The maximum atomic E-state index is 13.8. The van der Waals surface area contributed by atoms with E-state index in [1.54, 1.807) is 17.4 Å². The van der Waals surface area contributed by atoms with Gasteiger partial charge in [-0.25, -0.2) is 9.37 Å². The summed E-state index contributed by atoms with van der Waals surface area (Å²) < 4.78 is 16.2. The monoisotopic (exact) mass is 341 g/mol. The second-order valence-corrected chi connectivity index (χ2v) is 6.72. The molecule has 2 aromatic heterocycles. The number of aromatic amines is 1. The largest absolute Gasteiger partial charge is 0.331 e. The molecule has 0 aliphatic carbocycles. The summed E-state index contributed by atoms with van der Waals surface area (Å²) in [6.07, 6.45) is 2.83. The third-order valence-electron chi connectivity index (χ3n) is 3.42. The number of nitrogens with one attached hydrogen (secondary N) is 1. The van der Waals surface area contributed by atoms with Crippen LogP contribution in [0.1, 0.15) is 29.8 Å². The second-order valence-electron chi connectivity index (χ2n) is 4.78. The average molecular weight is 342 g/mol. The standard InChI is InChI=1S/C14H13ClFN3S2/c1-3-8-6-17-13(21-8)7(2)19-12-5-10(16)9(15)4-11(12)18-14(19)20/h4-7H,3H2,1-2H3,(H,18,20). The van der Waals surface area contributed by atoms with Crippen LogP contribution in [0.15, 0.2) is 18.3 Å². The van der Waals surface area contributed by atoms with Gasteiger partial charge in [0.2, 0.25) is 0 Å². The van der Waals surface area contributed by atoms with Crippen LogP contribution in [-0.4, -0.2) is 14.5 Å². The third-order valence-corrected chi connectivity index (χ3v) is 5.32. The van der Waals surface area contributed by atoms with Crippen LogP contribution in [0.5, 0.6) is 0 Å². The molecule has 0 bridgehead atoms. The zero-order chi connectivity index (χ0) is 15.1. The Kier molecular flexibility index (Phi) is 3.86. The van der Waals surface area contributed by atoms with Crippen molar-refractivity contribution in [1.29, 1.82) is 0 Å². The molecule has 1 unspecified atom stereocenters. The van der Waals surface area contributed by atoms with Crippen molar-refractivity contribution in [3.05, 3.63) is 43.8 Å². The molecule has 0 amide bonds. The first-order valence-electron chi connectivity index (χ1n) is 6.55. The molecule has 0 saturated heterocycles. The maximum Gasteiger partial charge on any atom is 0.178 e. The van der Waals surface area contributed by atoms with E-state index >= 15 is 0 Å². The van der Waals surface area contributed by atoms with Gasteiger partial charge in [0, 0.05) is 17.1 Å². The Morgan fingerprint density at radius 3 is 2.95 bits per heavy atom. The van der Waals surface area contributed by atoms with Gasteiger partial charge < -0.3 is 9.55 Å². The number of benzene rings is 1. The molecule has 3 nitrogen and oxygen atoms in total. The van der Waals surface area contributed by atoms with Gasteiger partial charge in [0.05, 0.1) is 22.1 Å². The lowest BCUT2D eigenvalue weighted by Gasteiger charge is -2.12. The summed E-state index contributed by atoms with van der Waals surface area (Å²) >= 11 is 12.8. The molecule has 0 saturated carbocycles. The molecular weight excluding hydrogens is 329 g/mol. The van der Waals surface area contributed by atoms with Gasteiger partial charge in [-0.05, 0) is 31.6 Å². The lowest BCUT2D eigenvalue weighted by atomic mass is 10.2. The minimum Gasteiger partial charge on any atom is -0.331 e. The Labute approximate surface area is 135 Å². The molecule has 2 heterocycles. The Bertz CT molecular complexity index is 865. The van der Waals surface area contributed by atoms with Gasteiger partial charge in [-0.3, -0.25) is 0 Å². The number of fused-ring (bicyclic) bond motifs is 1. The molecule has 3 rings (SSSR count). The normalized spacial score (nSPS) is 13.0. The van der Waals surface area contributed by atoms with Gasteiger partial charge in [0.25, 0.3) is 0 Å². The molecule has 0 radical (unpaired) electrons. The van der Waals surface area contributed by atoms with Gasteiger partial charge in [-0.1, -0.05) is 18.5 Å². The number of H-pyrrole nitrogens is 1. The van der Waals surface area contributed by atoms with E-state index in [2.05, 4.69) is 16.9 Å². The van der Waals surface area contributed by atoms with Crippen molar-refractivity contribution in [3.63, 3.8) is 0 Å². The third kappa shape index (κ3) is 2.52. The Balaban J connectivity index is 2.17. The van der Waals surface area contributed by atoms with Crippen molar-refractivity contribution < 1.29 is 4.39 Å². The molecule has 1 atom stereocenters. The van der Waals surface area contributed by atoms with E-state index < -0.39 is 5.82 Å². The first kappa shape index (κ1) is 14.7. The van der Waals surface area contributed by atoms with Crippen LogP contribution in [0.25, 0.3) is 11.0 Å². The van der Waals surface area contributed by atoms with E-state index in [1.807, 2.05) is 17.7 Å². The van der Waals surface area contributed by atoms with Crippen molar-refractivity contribution in [2.24, 2.45) is 0 Å². The van der Waals surface area contributed by atoms with Crippen LogP contribution in [0, 0.1) is 10.6 Å². The summed E-state index contributed by atoms with van der Waals surface area (Å²) in [4.78, 5) is 8.74. The topological polar surface area (TPSA) is 33.6 Å². The van der Waals surface area contributed by atoms with Gasteiger partial charge in [-0.15, -0.1) is 11.3 Å². The van der Waals surface area contributed by atoms with Gasteiger partial charge in [0.1, 0.15) is 10.8 Å². The molecule has 1 N–H and O–H groups in total. The molecule has 3 aromatic rings. The highest BCUT2D eigenvalue weighted by Crippen LogP contribution is 2.29. The number of hydrogen-bond donors (Lipinski definition) is 1. The van der Waals surface area contributed by atoms with E-state index in [0.717, 1.165) is 16.9 Å². The molecule has 110 valence electrons. The van der Waals surface area contributed by atoms with Crippen LogP contribution in [0.2, 0.25) is 5.02 Å². The van der Waals surface area contributed by atoms with Crippen LogP contribution < -0.4 is 0 Å². The summed E-state index contributed by atoms with van der Waals surface area (Å²) in [6, 6.07) is 2.91. The fraction of sp³-hybridized carbons (Fsp3) is 0.286. The highest BCUT2D eigenvalue weighted by molar-refractivity contribution is 7.71. The second kappa shape index (κ2) is 5.51. The lowest BCUT2D eigenvalue weighted by molar-refractivity contribution is 0.621. The van der Waals surface area contributed by atoms with Crippen LogP contribution in [0.3, 0.4) is 0 Å². The number of hydrogen-bond acceptors (Lipinski definition) is 3. The number of aromatic nitrogens is 3. The summed E-state index contributed by atoms with van der Waals surface area (Å²) in [5.41, 5.74) is 1.42. The zero-order valence-electron chi connectivity index (χ0n) is 11.5. The highest BCUT2D eigenvalue weighted by atomic mass is 35.5. The summed E-state index contributed by atoms with van der Waals surface area (Å²) in [7, 11) is 0. The molecule has 21 heavy (non-hydrogen) atoms. The number of halogens is 2. The first-order chi connectivity index (χ1) is 10.0. The van der Waals surface area contributed by atoms with Crippen LogP contribution in [0.4, 0.5) is 4.39 Å². The minimum atomic E-state index is -0.451. The number of imidazole rings is 1. The lowest BCUT2D eigenvalue weighted by Crippen LogP contribution is -2.06. The van der Waals surface area contributed by atoms with E-state index in [4.69, 9.17) is 23.8 Å². The van der Waals surface area contributed by atoms with Crippen LogP contribution in [-0.2, 0) is 6.42 Å². The molecule has 1 aromatic carbocycles. The minimum absolute atomic E-state index is 0.0582. The quantitative estimate of drug-likeness (QED) is 0.671. The fourth-order valence-corrected chi connectivity index (χ4v) is 3.72. The Hall–Kier alpha value is -1.24. The Morgan fingerprint density at radius 1 is 1.52 bits per heavy atom. The zero-order valence-corrected chi connectivity index (χ0v) is 13.9. The van der Waals surface area contributed by atoms with Crippen molar-refractivity contribution in [3.8, 4) is 0 Å². The number of thiazole rings is 1. The maximum absolute atomic E-state index is 13.8. The van der Waals surface area contributed by atoms with Crippen molar-refractivity contribution in [1.82, 2.24) is 14.5 Å². The van der Waals surface area contributed by atoms with Gasteiger partial charge in [-0.2, -0.15) is 0 Å². The molecule has 0 aliphatic heterocycles. The molecule has 0 aliphatic rings. The van der Waals surface area contributed by atoms with E-state index in [-0.39, 0.29) is 11.1 Å². The van der Waals surface area contributed by atoms with E-state index in [0.29, 0.717) is 10.3 Å². The molecule has 0 spiro atoms. The fourth-order valence-electron chi connectivity index (χ4n) is 2.29. The van der Waals surface area contributed by atoms with E-state index in [9.17, 15) is 4.39 Å². The number of aryl methyl sites for hydroxylation is 1. The molecular formula is C14H13ClFN3S2. The van der Waals surface area contributed by atoms with Gasteiger partial charge in [0.15, 0.2) is 4.77 Å². The Morgan fingerprint density at radius 2 is 2.29 bits per heavy atom. The smallest absolute Gasteiger partial charge is 0.178 e. The summed E-state index contributed by atoms with van der Waals surface area (Å²) in [6.45, 7) is 4.10. The number of nitrogens with zero attached hydrogens (tertiary/aromatic N) is 2. The van der Waals surface area contributed by atoms with Gasteiger partial charge >= 0.3 is 0 Å². The van der Waals surface area contributed by atoms with E-state index in [1.165, 1.54) is 10.9 Å². The predicted molar refractivity (Wildman–Crippen MR) is 87.4 cm³/mol. The van der Waals surface area contributed by atoms with Crippen LogP contribution >= 0.6 is 35.2 Å². The van der Waals surface area contributed by atoms with Crippen molar-refractivity contribution in [2.45, 2.75) is 26.3 Å². The first-order valence-corrected chi connectivity index (χ1v) is 8.15. The summed E-state index contributed by atoms with van der Waals surface area (Å²) in [5.74, 6) is -0.451. The summed E-state index contributed by atoms with van der Waals surface area (Å²) in [5, 5.41) is 1.04. The van der Waals surface area contributed by atoms with Crippen molar-refractivity contribution >= 4 is 46.2 Å². The molecule has 0 fully saturated rings. The number of rotatable bonds is 3. The SMILES string of the molecule is CCc1cnc(C(C)n2c(=S)[nH]c3cc(Cl)c(F)cc32)s1. The average Bonchev–Trinajstić information content (AvgIpc) is 3.03. The highest BCUT2D eigenvalue weighted by Gasteiger charge is 2.17. The van der Waals surface area contributed by atoms with Crippen molar-refractivity contribution in [2.75, 3.05) is 0 Å². The molecule has 7 heteroatoms. The predicted octanol–water partition coefficient (Wildman–Crippen LogP) is 5.12.